The van der Waals surface area contributed by atoms with Crippen molar-refractivity contribution in [1.82, 2.24) is 20.2 Å². The quantitative estimate of drug-likeness (QED) is 0.267. The third-order valence-electron chi connectivity index (χ3n) is 4.72. The Morgan fingerprint density at radius 2 is 1.84 bits per heavy atom. The summed E-state index contributed by atoms with van der Waals surface area (Å²) in [5.41, 5.74) is 6.81. The van der Waals surface area contributed by atoms with E-state index in [-0.39, 0.29) is 11.7 Å². The SMILES string of the molecule is CC(/C=N\NC(=O)CSc1nnc(-c2ccc(Cl)cc2)n1C)=C\c1ccc(C(C)C)cc1. The van der Waals surface area contributed by atoms with Crippen LogP contribution in [0.4, 0.5) is 0 Å². The highest BCUT2D eigenvalue weighted by molar-refractivity contribution is 7.99. The van der Waals surface area contributed by atoms with Crippen LogP contribution in [0.1, 0.15) is 37.8 Å². The number of nitrogens with one attached hydrogen (secondary N) is 1. The van der Waals surface area contributed by atoms with Gasteiger partial charge in [0.2, 0.25) is 0 Å². The smallest absolute Gasteiger partial charge is 0.250 e. The summed E-state index contributed by atoms with van der Waals surface area (Å²) in [6.45, 7) is 6.29. The fraction of sp³-hybridized carbons (Fsp3) is 0.250. The summed E-state index contributed by atoms with van der Waals surface area (Å²) in [7, 11) is 1.87. The molecular weight excluding hydrogens is 442 g/mol. The molecule has 0 aliphatic carbocycles. The minimum absolute atomic E-state index is 0.184. The minimum atomic E-state index is -0.212. The van der Waals surface area contributed by atoms with Crippen molar-refractivity contribution >= 4 is 41.6 Å². The van der Waals surface area contributed by atoms with E-state index in [0.717, 1.165) is 16.7 Å². The molecule has 0 atom stereocenters. The molecule has 1 amide bonds. The molecule has 0 fully saturated rings. The lowest BCUT2D eigenvalue weighted by molar-refractivity contribution is -0.118. The Hall–Kier alpha value is -2.90. The number of hydrogen-bond donors (Lipinski definition) is 1. The first kappa shape index (κ1) is 23.8. The van der Waals surface area contributed by atoms with Crippen LogP contribution in [-0.4, -0.2) is 32.6 Å². The zero-order chi connectivity index (χ0) is 23.1. The number of thioether (sulfide) groups is 1. The third kappa shape index (κ3) is 6.55. The predicted octanol–water partition coefficient (Wildman–Crippen LogP) is 5.56. The van der Waals surface area contributed by atoms with Crippen molar-refractivity contribution in [2.24, 2.45) is 12.1 Å². The number of amides is 1. The molecule has 3 aromatic rings. The van der Waals surface area contributed by atoms with Crippen molar-refractivity contribution in [3.05, 3.63) is 70.3 Å². The molecule has 1 N–H and O–H groups in total. The fourth-order valence-corrected chi connectivity index (χ4v) is 3.77. The standard InChI is InChI=1S/C24H26ClN5OS/c1-16(2)19-7-5-18(6-8-19)13-17(3)14-26-27-22(31)15-32-24-29-28-23(30(24)4)20-9-11-21(25)12-10-20/h5-14,16H,15H2,1-4H3,(H,27,31)/b17-13+,26-14-. The van der Waals surface area contributed by atoms with E-state index >= 15 is 0 Å². The van der Waals surface area contributed by atoms with Crippen LogP contribution < -0.4 is 5.43 Å². The van der Waals surface area contributed by atoms with Crippen LogP contribution in [0.25, 0.3) is 17.5 Å². The number of carbonyl (C=O) groups excluding carboxylic acids is 1. The number of allylic oxidation sites excluding steroid dienone is 1. The molecule has 166 valence electrons. The highest BCUT2D eigenvalue weighted by Crippen LogP contribution is 2.23. The zero-order valence-electron chi connectivity index (χ0n) is 18.5. The molecule has 1 heterocycles. The van der Waals surface area contributed by atoms with Gasteiger partial charge in [0.25, 0.3) is 5.91 Å². The van der Waals surface area contributed by atoms with E-state index in [1.54, 1.807) is 18.3 Å². The van der Waals surface area contributed by atoms with Gasteiger partial charge in [0.15, 0.2) is 11.0 Å². The average Bonchev–Trinajstić information content (AvgIpc) is 3.13. The van der Waals surface area contributed by atoms with E-state index in [1.165, 1.54) is 17.3 Å². The number of rotatable bonds is 8. The van der Waals surface area contributed by atoms with E-state index in [0.29, 0.717) is 21.9 Å². The second-order valence-corrected chi connectivity index (χ2v) is 9.04. The van der Waals surface area contributed by atoms with Crippen LogP contribution in [0.2, 0.25) is 5.02 Å². The predicted molar refractivity (Wildman–Crippen MR) is 133 cm³/mol. The Morgan fingerprint density at radius 3 is 2.50 bits per heavy atom. The molecule has 3 rings (SSSR count). The van der Waals surface area contributed by atoms with Crippen LogP contribution in [0.3, 0.4) is 0 Å². The molecule has 0 aliphatic heterocycles. The minimum Gasteiger partial charge on any atom is -0.305 e. The van der Waals surface area contributed by atoms with Gasteiger partial charge >= 0.3 is 0 Å². The topological polar surface area (TPSA) is 72.2 Å². The van der Waals surface area contributed by atoms with Crippen molar-refractivity contribution in [2.75, 3.05) is 5.75 Å². The van der Waals surface area contributed by atoms with Crippen LogP contribution in [-0.2, 0) is 11.8 Å². The maximum atomic E-state index is 12.1. The van der Waals surface area contributed by atoms with Gasteiger partial charge in [-0.3, -0.25) is 4.79 Å². The summed E-state index contributed by atoms with van der Waals surface area (Å²) >= 11 is 7.24. The van der Waals surface area contributed by atoms with E-state index in [2.05, 4.69) is 58.8 Å². The second kappa shape index (κ2) is 11.1. The number of nitrogens with zero attached hydrogens (tertiary/aromatic N) is 4. The number of halogens is 1. The zero-order valence-corrected chi connectivity index (χ0v) is 20.1. The van der Waals surface area contributed by atoms with E-state index in [1.807, 2.05) is 36.7 Å². The van der Waals surface area contributed by atoms with Crippen LogP contribution in [0.15, 0.2) is 64.4 Å². The third-order valence-corrected chi connectivity index (χ3v) is 6.00. The molecule has 0 spiro atoms. The first-order valence-corrected chi connectivity index (χ1v) is 11.6. The van der Waals surface area contributed by atoms with Crippen molar-refractivity contribution < 1.29 is 4.79 Å². The molecule has 1 aromatic heterocycles. The van der Waals surface area contributed by atoms with Crippen LogP contribution >= 0.6 is 23.4 Å². The van der Waals surface area contributed by atoms with Gasteiger partial charge in [0, 0.05) is 17.6 Å². The molecule has 0 unspecified atom stereocenters. The number of carbonyl (C=O) groups is 1. The molecular formula is C24H26ClN5OS. The summed E-state index contributed by atoms with van der Waals surface area (Å²) in [5.74, 6) is 1.19. The van der Waals surface area contributed by atoms with E-state index in [4.69, 9.17) is 11.6 Å². The Labute approximate surface area is 197 Å². The molecule has 0 saturated carbocycles. The number of benzene rings is 2. The lowest BCUT2D eigenvalue weighted by atomic mass is 10.0. The molecule has 0 aliphatic rings. The van der Waals surface area contributed by atoms with Crippen molar-refractivity contribution in [3.63, 3.8) is 0 Å². The molecule has 0 bridgehead atoms. The van der Waals surface area contributed by atoms with Gasteiger partial charge in [-0.1, -0.05) is 67.6 Å². The summed E-state index contributed by atoms with van der Waals surface area (Å²) in [6, 6.07) is 15.8. The molecule has 8 heteroatoms. The Morgan fingerprint density at radius 1 is 1.16 bits per heavy atom. The van der Waals surface area contributed by atoms with Crippen molar-refractivity contribution in [1.29, 1.82) is 0 Å². The number of hydrogen-bond acceptors (Lipinski definition) is 5. The molecule has 6 nitrogen and oxygen atoms in total. The number of aromatic nitrogens is 3. The number of hydrazone groups is 1. The second-order valence-electron chi connectivity index (χ2n) is 7.66. The molecule has 32 heavy (non-hydrogen) atoms. The molecule has 0 radical (unpaired) electrons. The average molecular weight is 468 g/mol. The van der Waals surface area contributed by atoms with E-state index in [9.17, 15) is 4.79 Å². The van der Waals surface area contributed by atoms with Gasteiger partial charge in [-0.2, -0.15) is 5.10 Å². The Kier molecular flexibility index (Phi) is 8.25. The van der Waals surface area contributed by atoms with E-state index < -0.39 is 0 Å². The van der Waals surface area contributed by atoms with Gasteiger partial charge in [0.05, 0.1) is 12.0 Å². The van der Waals surface area contributed by atoms with Gasteiger partial charge in [-0.15, -0.1) is 10.2 Å². The lowest BCUT2D eigenvalue weighted by Gasteiger charge is -2.05. The van der Waals surface area contributed by atoms with Crippen LogP contribution in [0.5, 0.6) is 0 Å². The van der Waals surface area contributed by atoms with Gasteiger partial charge < -0.3 is 4.57 Å². The van der Waals surface area contributed by atoms with Gasteiger partial charge in [0.1, 0.15) is 0 Å². The van der Waals surface area contributed by atoms with Crippen molar-refractivity contribution in [2.45, 2.75) is 31.8 Å². The first-order valence-electron chi connectivity index (χ1n) is 10.2. The highest BCUT2D eigenvalue weighted by Gasteiger charge is 2.12. The van der Waals surface area contributed by atoms with Crippen LogP contribution in [0, 0.1) is 0 Å². The van der Waals surface area contributed by atoms with Gasteiger partial charge in [-0.05, 0) is 53.8 Å². The maximum Gasteiger partial charge on any atom is 0.250 e. The highest BCUT2D eigenvalue weighted by atomic mass is 35.5. The van der Waals surface area contributed by atoms with Crippen molar-refractivity contribution in [3.8, 4) is 11.4 Å². The normalized spacial score (nSPS) is 12.0. The molecule has 0 saturated heterocycles. The maximum absolute atomic E-state index is 12.1. The Bertz CT molecular complexity index is 1120. The lowest BCUT2D eigenvalue weighted by Crippen LogP contribution is -2.19. The Balaban J connectivity index is 1.51. The fourth-order valence-electron chi connectivity index (χ4n) is 2.94. The monoisotopic (exact) mass is 467 g/mol. The van der Waals surface area contributed by atoms with Gasteiger partial charge in [-0.25, -0.2) is 5.43 Å². The summed E-state index contributed by atoms with van der Waals surface area (Å²) < 4.78 is 1.85. The summed E-state index contributed by atoms with van der Waals surface area (Å²) in [5, 5.41) is 13.7. The first-order chi connectivity index (χ1) is 15.3. The largest absolute Gasteiger partial charge is 0.305 e. The molecule has 2 aromatic carbocycles. The summed E-state index contributed by atoms with van der Waals surface area (Å²) in [6.07, 6.45) is 3.66. The summed E-state index contributed by atoms with van der Waals surface area (Å²) in [4.78, 5) is 12.1.